The fraction of sp³-hybridized carbons (Fsp3) is 0.286. The van der Waals surface area contributed by atoms with Crippen molar-refractivity contribution in [2.45, 2.75) is 13.3 Å². The molecule has 2 rings (SSSR count). The molecule has 0 bridgehead atoms. The van der Waals surface area contributed by atoms with E-state index < -0.39 is 0 Å². The number of hydrogen-bond acceptors (Lipinski definition) is 6. The second kappa shape index (κ2) is 2.89. The minimum absolute atomic E-state index is 0.358. The summed E-state index contributed by atoms with van der Waals surface area (Å²) in [6.07, 6.45) is 2.05. The molecule has 0 fully saturated rings. The van der Waals surface area contributed by atoms with Gasteiger partial charge in [0.05, 0.1) is 0 Å². The van der Waals surface area contributed by atoms with Crippen molar-refractivity contribution in [3.05, 3.63) is 12.2 Å². The first kappa shape index (κ1) is 7.78. The Hall–Kier alpha value is -1.85. The molecule has 0 unspecified atom stereocenters. The van der Waals surface area contributed by atoms with E-state index in [1.807, 2.05) is 6.92 Å². The van der Waals surface area contributed by atoms with E-state index in [1.165, 1.54) is 6.33 Å². The summed E-state index contributed by atoms with van der Waals surface area (Å²) in [7, 11) is 0. The number of aromatic nitrogens is 5. The molecule has 66 valence electrons. The van der Waals surface area contributed by atoms with E-state index in [1.54, 1.807) is 0 Å². The zero-order chi connectivity index (χ0) is 9.26. The van der Waals surface area contributed by atoms with Gasteiger partial charge in [0.1, 0.15) is 12.2 Å². The Morgan fingerprint density at radius 3 is 3.00 bits per heavy atom. The summed E-state index contributed by atoms with van der Waals surface area (Å²) in [5.74, 6) is 1.02. The van der Waals surface area contributed by atoms with Crippen LogP contribution >= 0.6 is 0 Å². The van der Waals surface area contributed by atoms with Crippen LogP contribution in [0.3, 0.4) is 0 Å². The molecule has 13 heavy (non-hydrogen) atoms. The van der Waals surface area contributed by atoms with Gasteiger partial charge in [-0.25, -0.2) is 15.0 Å². The molecule has 0 aliphatic heterocycles. The quantitative estimate of drug-likeness (QED) is 0.655. The lowest BCUT2D eigenvalue weighted by Gasteiger charge is -1.99. The zero-order valence-corrected chi connectivity index (χ0v) is 7.10. The lowest BCUT2D eigenvalue weighted by molar-refractivity contribution is 0.925. The van der Waals surface area contributed by atoms with Crippen LogP contribution in [-0.2, 0) is 6.42 Å². The molecule has 2 aromatic rings. The van der Waals surface area contributed by atoms with Crippen LogP contribution in [0.15, 0.2) is 6.33 Å². The zero-order valence-electron chi connectivity index (χ0n) is 7.10. The fourth-order valence-electron chi connectivity index (χ4n) is 1.02. The van der Waals surface area contributed by atoms with E-state index in [4.69, 9.17) is 5.73 Å². The molecule has 0 aliphatic carbocycles. The molecular weight excluding hydrogens is 168 g/mol. The molecule has 0 saturated carbocycles. The highest BCUT2D eigenvalue weighted by Crippen LogP contribution is 2.10. The maximum atomic E-state index is 5.65. The lowest BCUT2D eigenvalue weighted by atomic mass is 10.4. The number of anilines is 1. The normalized spacial score (nSPS) is 10.5. The SMILES string of the molecule is CCc1nc(N)c2ncnnc2n1. The smallest absolute Gasteiger partial charge is 0.206 e. The van der Waals surface area contributed by atoms with Crippen molar-refractivity contribution in [3.8, 4) is 0 Å². The van der Waals surface area contributed by atoms with Crippen molar-refractivity contribution in [2.75, 3.05) is 5.73 Å². The highest BCUT2D eigenvalue weighted by Gasteiger charge is 2.05. The molecule has 0 spiro atoms. The number of nitrogen functional groups attached to an aromatic ring is 1. The van der Waals surface area contributed by atoms with Crippen LogP contribution in [0.5, 0.6) is 0 Å². The van der Waals surface area contributed by atoms with Gasteiger partial charge in [0.2, 0.25) is 5.65 Å². The highest BCUT2D eigenvalue weighted by atomic mass is 15.2. The largest absolute Gasteiger partial charge is 0.382 e. The monoisotopic (exact) mass is 176 g/mol. The number of aryl methyl sites for hydroxylation is 1. The summed E-state index contributed by atoms with van der Waals surface area (Å²) >= 11 is 0. The van der Waals surface area contributed by atoms with Crippen LogP contribution in [0.2, 0.25) is 0 Å². The van der Waals surface area contributed by atoms with Crippen molar-refractivity contribution in [1.29, 1.82) is 0 Å². The Morgan fingerprint density at radius 2 is 2.23 bits per heavy atom. The molecule has 0 aromatic carbocycles. The van der Waals surface area contributed by atoms with E-state index in [2.05, 4.69) is 25.1 Å². The van der Waals surface area contributed by atoms with Crippen LogP contribution < -0.4 is 5.73 Å². The molecule has 2 N–H and O–H groups in total. The third-order valence-corrected chi connectivity index (χ3v) is 1.65. The fourth-order valence-corrected chi connectivity index (χ4v) is 1.02. The second-order valence-electron chi connectivity index (χ2n) is 2.51. The summed E-state index contributed by atoms with van der Waals surface area (Å²) in [5.41, 5.74) is 6.61. The minimum Gasteiger partial charge on any atom is -0.382 e. The predicted molar refractivity (Wildman–Crippen MR) is 46.7 cm³/mol. The average Bonchev–Trinajstić information content (AvgIpc) is 2.18. The Morgan fingerprint density at radius 1 is 1.38 bits per heavy atom. The molecule has 2 heterocycles. The molecule has 0 radical (unpaired) electrons. The van der Waals surface area contributed by atoms with E-state index in [-0.39, 0.29) is 0 Å². The van der Waals surface area contributed by atoms with Gasteiger partial charge in [0.15, 0.2) is 11.3 Å². The van der Waals surface area contributed by atoms with E-state index in [0.717, 1.165) is 6.42 Å². The van der Waals surface area contributed by atoms with Crippen molar-refractivity contribution in [1.82, 2.24) is 25.1 Å². The van der Waals surface area contributed by atoms with E-state index in [0.29, 0.717) is 22.8 Å². The molecule has 0 atom stereocenters. The van der Waals surface area contributed by atoms with Crippen LogP contribution in [0.25, 0.3) is 11.2 Å². The summed E-state index contributed by atoms with van der Waals surface area (Å²) in [6.45, 7) is 1.95. The Kier molecular flexibility index (Phi) is 1.73. The van der Waals surface area contributed by atoms with Gasteiger partial charge in [-0.05, 0) is 0 Å². The van der Waals surface area contributed by atoms with Crippen LogP contribution in [-0.4, -0.2) is 25.1 Å². The van der Waals surface area contributed by atoms with Gasteiger partial charge in [-0.2, -0.15) is 0 Å². The number of nitrogens with zero attached hydrogens (tertiary/aromatic N) is 5. The molecule has 6 heteroatoms. The van der Waals surface area contributed by atoms with Crippen molar-refractivity contribution >= 4 is 17.0 Å². The van der Waals surface area contributed by atoms with Gasteiger partial charge in [-0.15, -0.1) is 10.2 Å². The van der Waals surface area contributed by atoms with Gasteiger partial charge < -0.3 is 5.73 Å². The number of hydrogen-bond donors (Lipinski definition) is 1. The summed E-state index contributed by atoms with van der Waals surface area (Å²) in [6, 6.07) is 0. The number of fused-ring (bicyclic) bond motifs is 1. The maximum absolute atomic E-state index is 5.65. The molecule has 2 aromatic heterocycles. The first-order valence-electron chi connectivity index (χ1n) is 3.91. The first-order chi connectivity index (χ1) is 6.31. The predicted octanol–water partition coefficient (Wildman–Crippen LogP) is -0.0406. The van der Waals surface area contributed by atoms with Gasteiger partial charge in [0.25, 0.3) is 0 Å². The molecule has 0 saturated heterocycles. The van der Waals surface area contributed by atoms with Gasteiger partial charge >= 0.3 is 0 Å². The van der Waals surface area contributed by atoms with E-state index >= 15 is 0 Å². The van der Waals surface area contributed by atoms with E-state index in [9.17, 15) is 0 Å². The molecule has 0 aliphatic rings. The van der Waals surface area contributed by atoms with Crippen LogP contribution in [0, 0.1) is 0 Å². The van der Waals surface area contributed by atoms with Crippen molar-refractivity contribution < 1.29 is 0 Å². The number of nitrogens with two attached hydrogens (primary N) is 1. The minimum atomic E-state index is 0.358. The topological polar surface area (TPSA) is 90.5 Å². The first-order valence-corrected chi connectivity index (χ1v) is 3.91. The molecule has 6 nitrogen and oxygen atoms in total. The van der Waals surface area contributed by atoms with Crippen molar-refractivity contribution in [3.63, 3.8) is 0 Å². The van der Waals surface area contributed by atoms with Gasteiger partial charge in [0, 0.05) is 6.42 Å². The maximum Gasteiger partial charge on any atom is 0.206 e. The molecule has 0 amide bonds. The van der Waals surface area contributed by atoms with Crippen LogP contribution in [0.1, 0.15) is 12.7 Å². The van der Waals surface area contributed by atoms with Crippen LogP contribution in [0.4, 0.5) is 5.82 Å². The highest BCUT2D eigenvalue weighted by molar-refractivity contribution is 5.79. The third-order valence-electron chi connectivity index (χ3n) is 1.65. The summed E-state index contributed by atoms with van der Waals surface area (Å²) in [4.78, 5) is 12.1. The number of rotatable bonds is 1. The average molecular weight is 176 g/mol. The third kappa shape index (κ3) is 1.26. The Bertz CT molecular complexity index is 440. The summed E-state index contributed by atoms with van der Waals surface area (Å²) < 4.78 is 0. The second-order valence-corrected chi connectivity index (χ2v) is 2.51. The van der Waals surface area contributed by atoms with Crippen molar-refractivity contribution in [2.24, 2.45) is 0 Å². The van der Waals surface area contributed by atoms with Gasteiger partial charge in [-0.3, -0.25) is 0 Å². The summed E-state index contributed by atoms with van der Waals surface area (Å²) in [5, 5.41) is 7.43. The Labute approximate surface area is 74.2 Å². The lowest BCUT2D eigenvalue weighted by Crippen LogP contribution is -2.03. The standard InChI is InChI=1S/C7H8N6/c1-2-4-11-6(8)5-7(12-4)13-10-3-9-5/h3H,2H2,1H3,(H2,8,11,12,13). The molecular formula is C7H8N6. The van der Waals surface area contributed by atoms with Gasteiger partial charge in [-0.1, -0.05) is 6.92 Å². The Balaban J connectivity index is 2.77.